The number of amides is 1. The van der Waals surface area contributed by atoms with Crippen LogP contribution in [0.25, 0.3) is 0 Å². The lowest BCUT2D eigenvalue weighted by molar-refractivity contribution is 0.0696. The summed E-state index contributed by atoms with van der Waals surface area (Å²) < 4.78 is 27.3. The molecule has 31 heavy (non-hydrogen) atoms. The first-order valence-electron chi connectivity index (χ1n) is 9.15. The van der Waals surface area contributed by atoms with Gasteiger partial charge in [0.1, 0.15) is 9.90 Å². The minimum atomic E-state index is -4.02. The Morgan fingerprint density at radius 3 is 2.58 bits per heavy atom. The molecule has 1 unspecified atom stereocenters. The number of carbonyl (C=O) groups excluding carboxylic acids is 1. The van der Waals surface area contributed by atoms with Crippen LogP contribution >= 0.6 is 11.3 Å². The zero-order valence-electron chi connectivity index (χ0n) is 15.6. The number of sulfonamides is 1. The molecule has 1 atom stereocenters. The molecule has 0 saturated heterocycles. The first kappa shape index (κ1) is 19.7. The highest BCUT2D eigenvalue weighted by molar-refractivity contribution is 7.90. The fraction of sp³-hybridized carbons (Fsp3) is 0.222. The number of anilines is 1. The molecule has 2 aromatic heterocycles. The number of rotatable bonds is 5. The van der Waals surface area contributed by atoms with E-state index in [0.717, 1.165) is 15.6 Å². The van der Waals surface area contributed by atoms with E-state index in [-0.39, 0.29) is 27.6 Å². The second kappa shape index (κ2) is 6.60. The summed E-state index contributed by atoms with van der Waals surface area (Å²) in [5.74, 6) is -1.88. The molecule has 2 aliphatic heterocycles. The van der Waals surface area contributed by atoms with E-state index >= 15 is 0 Å². The lowest BCUT2D eigenvalue weighted by atomic mass is 9.99. The Morgan fingerprint density at radius 1 is 1.23 bits per heavy atom. The summed E-state index contributed by atoms with van der Waals surface area (Å²) in [4.78, 5) is 47.7. The van der Waals surface area contributed by atoms with Crippen molar-refractivity contribution in [2.45, 2.75) is 17.4 Å². The number of benzene rings is 1. The average molecular weight is 462 g/mol. The number of carbonyl (C=O) groups is 2. The number of aromatic nitrogens is 1. The second-order valence-electron chi connectivity index (χ2n) is 7.11. The third-order valence-electron chi connectivity index (χ3n) is 5.35. The van der Waals surface area contributed by atoms with Gasteiger partial charge in [0, 0.05) is 4.88 Å². The van der Waals surface area contributed by atoms with Crippen LogP contribution in [0, 0.1) is 0 Å². The van der Waals surface area contributed by atoms with E-state index in [0.29, 0.717) is 28.1 Å². The number of fused-ring (bicyclic) bond motifs is 2. The Bertz CT molecular complexity index is 1420. The van der Waals surface area contributed by atoms with Gasteiger partial charge in [0.15, 0.2) is 0 Å². The molecule has 0 bridgehead atoms. The Kier molecular flexibility index (Phi) is 4.19. The Labute approximate surface area is 178 Å². The van der Waals surface area contributed by atoms with Gasteiger partial charge in [-0.25, -0.2) is 17.5 Å². The molecule has 0 saturated carbocycles. The highest BCUT2D eigenvalue weighted by atomic mass is 32.2. The van der Waals surface area contributed by atoms with E-state index < -0.39 is 39.1 Å². The molecule has 0 spiro atoms. The Morgan fingerprint density at radius 2 is 1.94 bits per heavy atom. The van der Waals surface area contributed by atoms with E-state index in [1.807, 2.05) is 0 Å². The number of hydrogen-bond donors (Lipinski definition) is 3. The topological polar surface area (TPSA) is 155 Å². The highest BCUT2D eigenvalue weighted by Crippen LogP contribution is 2.41. The molecule has 0 radical (unpaired) electrons. The SMILES string of the molecule is O=C(O)c1c(Nn2c(=O)c2=O)sc2c1CCNC2CN1C(=O)c2ccccc2S1(=O)=O. The number of carboxylic acids is 1. The summed E-state index contributed by atoms with van der Waals surface area (Å²) in [5.41, 5.74) is 1.47. The van der Waals surface area contributed by atoms with E-state index in [2.05, 4.69) is 10.7 Å². The van der Waals surface area contributed by atoms with Gasteiger partial charge in [0.25, 0.3) is 15.9 Å². The van der Waals surface area contributed by atoms with Gasteiger partial charge in [-0.2, -0.15) is 4.68 Å². The monoisotopic (exact) mass is 462 g/mol. The molecular weight excluding hydrogens is 448 g/mol. The van der Waals surface area contributed by atoms with Crippen molar-refractivity contribution in [1.29, 1.82) is 0 Å². The van der Waals surface area contributed by atoms with Crippen LogP contribution in [0.5, 0.6) is 0 Å². The average Bonchev–Trinajstić information content (AvgIpc) is 3.07. The quantitative estimate of drug-likeness (QED) is 0.435. The maximum absolute atomic E-state index is 12.9. The zero-order chi connectivity index (χ0) is 22.1. The van der Waals surface area contributed by atoms with Crippen molar-refractivity contribution in [3.8, 4) is 0 Å². The number of thiophene rings is 1. The van der Waals surface area contributed by atoms with Crippen LogP contribution in [0.15, 0.2) is 38.8 Å². The molecule has 2 aliphatic rings. The van der Waals surface area contributed by atoms with E-state index in [1.165, 1.54) is 18.2 Å². The van der Waals surface area contributed by atoms with Gasteiger partial charge < -0.3 is 10.4 Å². The van der Waals surface area contributed by atoms with Crippen LogP contribution in [-0.4, -0.2) is 47.5 Å². The third kappa shape index (κ3) is 2.85. The molecule has 13 heteroatoms. The van der Waals surface area contributed by atoms with Crippen LogP contribution in [-0.2, 0) is 16.4 Å². The van der Waals surface area contributed by atoms with Crippen LogP contribution < -0.4 is 21.9 Å². The summed E-state index contributed by atoms with van der Waals surface area (Å²) >= 11 is 1.01. The van der Waals surface area contributed by atoms with Crippen LogP contribution in [0.4, 0.5) is 5.00 Å². The van der Waals surface area contributed by atoms with Crippen molar-refractivity contribution in [3.05, 3.63) is 66.5 Å². The predicted octanol–water partition coefficient (Wildman–Crippen LogP) is -0.249. The number of carboxylic acid groups (broad SMARTS) is 1. The van der Waals surface area contributed by atoms with Crippen molar-refractivity contribution >= 4 is 38.2 Å². The lowest BCUT2D eigenvalue weighted by Gasteiger charge is -2.27. The fourth-order valence-corrected chi connectivity index (χ4v) is 6.72. The summed E-state index contributed by atoms with van der Waals surface area (Å²) in [6.45, 7) is 0.147. The van der Waals surface area contributed by atoms with Gasteiger partial charge in [-0.05, 0) is 30.7 Å². The van der Waals surface area contributed by atoms with Gasteiger partial charge in [-0.15, -0.1) is 11.3 Å². The smallest absolute Gasteiger partial charge is 0.340 e. The molecule has 1 amide bonds. The van der Waals surface area contributed by atoms with Crippen molar-refractivity contribution in [3.63, 3.8) is 0 Å². The fourth-order valence-electron chi connectivity index (χ4n) is 3.84. The first-order valence-corrected chi connectivity index (χ1v) is 11.4. The highest BCUT2D eigenvalue weighted by Gasteiger charge is 2.43. The van der Waals surface area contributed by atoms with Crippen molar-refractivity contribution in [1.82, 2.24) is 14.3 Å². The molecule has 11 nitrogen and oxygen atoms in total. The molecule has 1 aromatic carbocycles. The van der Waals surface area contributed by atoms with Crippen molar-refractivity contribution in [2.75, 3.05) is 18.5 Å². The molecule has 160 valence electrons. The van der Waals surface area contributed by atoms with Gasteiger partial charge in [-0.1, -0.05) is 12.1 Å². The number of nitrogens with one attached hydrogen (secondary N) is 2. The Hall–Kier alpha value is -3.29. The van der Waals surface area contributed by atoms with Gasteiger partial charge in [0.2, 0.25) is 0 Å². The number of aromatic carboxylic acids is 1. The van der Waals surface area contributed by atoms with Crippen molar-refractivity contribution in [2.24, 2.45) is 0 Å². The van der Waals surface area contributed by atoms with Gasteiger partial charge >= 0.3 is 17.1 Å². The standard InChI is InChI=1S/C18H14N4O7S2/c23-15-8-3-1-2-4-11(8)31(28,29)21(15)7-10-13-9(5-6-19-10)12(18(26)27)14(30-13)20-22-16(24)17(22)25/h1-4,10,19-20H,5-7H2,(H,26,27). The number of nitrogens with zero attached hydrogens (tertiary/aromatic N) is 2. The summed E-state index contributed by atoms with van der Waals surface area (Å²) in [5, 5.41) is 12.9. The Balaban J connectivity index is 1.52. The van der Waals surface area contributed by atoms with Crippen LogP contribution in [0.1, 0.15) is 37.2 Å². The van der Waals surface area contributed by atoms with E-state index in [9.17, 15) is 32.7 Å². The molecule has 3 aromatic rings. The molecule has 0 aliphatic carbocycles. The minimum Gasteiger partial charge on any atom is -0.478 e. The third-order valence-corrected chi connectivity index (χ3v) is 8.40. The normalized spacial score (nSPS) is 19.4. The number of hydrogen-bond acceptors (Lipinski definition) is 9. The van der Waals surface area contributed by atoms with Gasteiger partial charge in [-0.3, -0.25) is 19.8 Å². The van der Waals surface area contributed by atoms with Crippen molar-refractivity contribution < 1.29 is 23.1 Å². The van der Waals surface area contributed by atoms with Crippen LogP contribution in [0.2, 0.25) is 0 Å². The summed E-state index contributed by atoms with van der Waals surface area (Å²) in [7, 11) is -4.02. The van der Waals surface area contributed by atoms with Gasteiger partial charge in [0.05, 0.1) is 23.7 Å². The zero-order valence-corrected chi connectivity index (χ0v) is 17.2. The van der Waals surface area contributed by atoms with E-state index in [4.69, 9.17) is 0 Å². The molecule has 5 rings (SSSR count). The second-order valence-corrected chi connectivity index (χ2v) is 9.99. The summed E-state index contributed by atoms with van der Waals surface area (Å²) in [6, 6.07) is 5.30. The van der Waals surface area contributed by atoms with E-state index in [1.54, 1.807) is 6.07 Å². The molecular formula is C18H14N4O7S2. The first-order chi connectivity index (χ1) is 14.7. The maximum Gasteiger partial charge on any atom is 0.340 e. The molecule has 4 heterocycles. The minimum absolute atomic E-state index is 0.0608. The molecule has 0 fully saturated rings. The lowest BCUT2D eigenvalue weighted by Crippen LogP contribution is -2.41. The largest absolute Gasteiger partial charge is 0.478 e. The summed E-state index contributed by atoms with van der Waals surface area (Å²) in [6.07, 6.45) is 0.356. The maximum atomic E-state index is 12.9. The molecule has 3 N–H and O–H groups in total. The predicted molar refractivity (Wildman–Crippen MR) is 109 cm³/mol. The van der Waals surface area contributed by atoms with Crippen LogP contribution in [0.3, 0.4) is 0 Å².